The number of nitrogens with one attached hydrogen (secondary N) is 1. The standard InChI is InChI=1S/C20H15Cl2N3S/c1-12-4-3-5-18(13(12)2)24-10-15(9-23)20-25-19(11-26-20)14-6-7-16(21)17(22)8-14/h3-8,10-11,24H,1-2H3/b15-10+. The third kappa shape index (κ3) is 3.91. The zero-order chi connectivity index (χ0) is 18.7. The molecule has 0 radical (unpaired) electrons. The summed E-state index contributed by atoms with van der Waals surface area (Å²) in [5.41, 5.74) is 5.41. The second-order valence-electron chi connectivity index (χ2n) is 5.73. The topological polar surface area (TPSA) is 48.7 Å². The molecule has 0 atom stereocenters. The number of benzene rings is 2. The van der Waals surface area contributed by atoms with Crippen molar-refractivity contribution in [2.75, 3.05) is 5.32 Å². The molecule has 0 unspecified atom stereocenters. The molecular weight excluding hydrogens is 385 g/mol. The summed E-state index contributed by atoms with van der Waals surface area (Å²) in [6.07, 6.45) is 1.69. The van der Waals surface area contributed by atoms with E-state index in [9.17, 15) is 5.26 Å². The van der Waals surface area contributed by atoms with E-state index in [4.69, 9.17) is 23.2 Å². The van der Waals surface area contributed by atoms with Gasteiger partial charge in [-0.05, 0) is 43.2 Å². The first-order valence-electron chi connectivity index (χ1n) is 7.84. The summed E-state index contributed by atoms with van der Waals surface area (Å²) in [7, 11) is 0. The van der Waals surface area contributed by atoms with Crippen LogP contribution < -0.4 is 5.32 Å². The van der Waals surface area contributed by atoms with Gasteiger partial charge in [-0.3, -0.25) is 0 Å². The quantitative estimate of drug-likeness (QED) is 0.495. The van der Waals surface area contributed by atoms with Crippen molar-refractivity contribution in [3.8, 4) is 17.3 Å². The number of thiazole rings is 1. The Balaban J connectivity index is 1.87. The molecule has 1 N–H and O–H groups in total. The van der Waals surface area contributed by atoms with E-state index in [1.165, 1.54) is 16.9 Å². The Morgan fingerprint density at radius 3 is 2.73 bits per heavy atom. The van der Waals surface area contributed by atoms with Crippen LogP contribution in [0.2, 0.25) is 10.0 Å². The first-order valence-corrected chi connectivity index (χ1v) is 9.47. The van der Waals surface area contributed by atoms with Crippen LogP contribution in [-0.2, 0) is 0 Å². The summed E-state index contributed by atoms with van der Waals surface area (Å²) >= 11 is 13.4. The minimum absolute atomic E-state index is 0.474. The Kier molecular flexibility index (Phi) is 5.63. The van der Waals surface area contributed by atoms with Crippen molar-refractivity contribution in [2.24, 2.45) is 0 Å². The van der Waals surface area contributed by atoms with E-state index in [2.05, 4.69) is 29.4 Å². The Morgan fingerprint density at radius 2 is 2.00 bits per heavy atom. The average molecular weight is 400 g/mol. The van der Waals surface area contributed by atoms with Crippen molar-refractivity contribution in [1.82, 2.24) is 4.98 Å². The van der Waals surface area contributed by atoms with Crippen molar-refractivity contribution in [3.05, 3.63) is 74.2 Å². The van der Waals surface area contributed by atoms with Gasteiger partial charge in [-0.2, -0.15) is 5.26 Å². The lowest BCUT2D eigenvalue weighted by molar-refractivity contribution is 1.33. The molecule has 1 aromatic heterocycles. The third-order valence-electron chi connectivity index (χ3n) is 4.05. The smallest absolute Gasteiger partial charge is 0.136 e. The molecule has 0 aliphatic carbocycles. The van der Waals surface area contributed by atoms with Gasteiger partial charge in [0.1, 0.15) is 16.6 Å². The Hall–Kier alpha value is -2.32. The molecule has 0 saturated heterocycles. The highest BCUT2D eigenvalue weighted by Gasteiger charge is 2.10. The van der Waals surface area contributed by atoms with Crippen LogP contribution in [0.5, 0.6) is 0 Å². The fourth-order valence-corrected chi connectivity index (χ4v) is 3.48. The van der Waals surface area contributed by atoms with Crippen molar-refractivity contribution >= 4 is 45.8 Å². The highest BCUT2D eigenvalue weighted by atomic mass is 35.5. The summed E-state index contributed by atoms with van der Waals surface area (Å²) in [6, 6.07) is 13.6. The largest absolute Gasteiger partial charge is 0.360 e. The molecule has 2 aromatic carbocycles. The summed E-state index contributed by atoms with van der Waals surface area (Å²) < 4.78 is 0. The molecule has 0 amide bonds. The molecular formula is C20H15Cl2N3S. The van der Waals surface area contributed by atoms with E-state index in [-0.39, 0.29) is 0 Å². The maximum absolute atomic E-state index is 9.51. The number of nitriles is 1. The molecule has 0 aliphatic rings. The molecule has 0 spiro atoms. The van der Waals surface area contributed by atoms with Gasteiger partial charge in [0, 0.05) is 22.8 Å². The Morgan fingerprint density at radius 1 is 1.19 bits per heavy atom. The number of allylic oxidation sites excluding steroid dienone is 1. The number of hydrogen-bond donors (Lipinski definition) is 1. The number of hydrogen-bond acceptors (Lipinski definition) is 4. The molecule has 130 valence electrons. The average Bonchev–Trinajstić information content (AvgIpc) is 3.11. The Labute approximate surface area is 166 Å². The first-order chi connectivity index (χ1) is 12.5. The van der Waals surface area contributed by atoms with Crippen LogP contribution in [0.4, 0.5) is 5.69 Å². The second-order valence-corrected chi connectivity index (χ2v) is 7.40. The summed E-state index contributed by atoms with van der Waals surface area (Å²) in [6.45, 7) is 4.10. The number of nitrogens with zero attached hydrogens (tertiary/aromatic N) is 2. The molecule has 0 fully saturated rings. The number of anilines is 1. The van der Waals surface area contributed by atoms with Crippen LogP contribution in [-0.4, -0.2) is 4.98 Å². The monoisotopic (exact) mass is 399 g/mol. The summed E-state index contributed by atoms with van der Waals surface area (Å²) in [4.78, 5) is 4.56. The van der Waals surface area contributed by atoms with Crippen LogP contribution >= 0.6 is 34.5 Å². The normalized spacial score (nSPS) is 11.3. The molecule has 1 heterocycles. The molecule has 0 saturated carbocycles. The number of halogens is 2. The first kappa shape index (κ1) is 18.5. The lowest BCUT2D eigenvalue weighted by atomic mass is 10.1. The number of aromatic nitrogens is 1. The molecule has 26 heavy (non-hydrogen) atoms. The van der Waals surface area contributed by atoms with E-state index >= 15 is 0 Å². The van der Waals surface area contributed by atoms with Gasteiger partial charge < -0.3 is 5.32 Å². The van der Waals surface area contributed by atoms with E-state index in [1.54, 1.807) is 18.3 Å². The minimum Gasteiger partial charge on any atom is -0.360 e. The summed E-state index contributed by atoms with van der Waals surface area (Å²) in [5, 5.41) is 16.2. The summed E-state index contributed by atoms with van der Waals surface area (Å²) in [5.74, 6) is 0. The van der Waals surface area contributed by atoms with Crippen LogP contribution in [0.3, 0.4) is 0 Å². The van der Waals surface area contributed by atoms with E-state index < -0.39 is 0 Å². The SMILES string of the molecule is Cc1cccc(N/C=C(\C#N)c2nc(-c3ccc(Cl)c(Cl)c3)cs2)c1C. The van der Waals surface area contributed by atoms with Crippen molar-refractivity contribution in [1.29, 1.82) is 5.26 Å². The second kappa shape index (κ2) is 7.92. The molecule has 0 bridgehead atoms. The van der Waals surface area contributed by atoms with Crippen LogP contribution in [0, 0.1) is 25.2 Å². The molecule has 3 aromatic rings. The van der Waals surface area contributed by atoms with E-state index in [0.717, 1.165) is 22.5 Å². The fourth-order valence-electron chi connectivity index (χ4n) is 2.38. The van der Waals surface area contributed by atoms with E-state index in [1.807, 2.05) is 30.5 Å². The van der Waals surface area contributed by atoms with Gasteiger partial charge in [-0.15, -0.1) is 11.3 Å². The molecule has 3 rings (SSSR count). The van der Waals surface area contributed by atoms with Gasteiger partial charge in [0.25, 0.3) is 0 Å². The third-order valence-corrected chi connectivity index (χ3v) is 5.66. The van der Waals surface area contributed by atoms with Crippen LogP contribution in [0.25, 0.3) is 16.8 Å². The Bertz CT molecular complexity index is 1030. The zero-order valence-corrected chi connectivity index (χ0v) is 16.5. The van der Waals surface area contributed by atoms with Gasteiger partial charge in [-0.1, -0.05) is 41.4 Å². The number of aryl methyl sites for hydroxylation is 1. The maximum atomic E-state index is 9.51. The van der Waals surface area contributed by atoms with Crippen LogP contribution in [0.15, 0.2) is 48.0 Å². The van der Waals surface area contributed by atoms with Crippen LogP contribution in [0.1, 0.15) is 16.1 Å². The fraction of sp³-hybridized carbons (Fsp3) is 0.100. The lowest BCUT2D eigenvalue weighted by Gasteiger charge is -2.08. The minimum atomic E-state index is 0.474. The lowest BCUT2D eigenvalue weighted by Crippen LogP contribution is -1.95. The highest BCUT2D eigenvalue weighted by molar-refractivity contribution is 7.11. The molecule has 0 aliphatic heterocycles. The highest BCUT2D eigenvalue weighted by Crippen LogP contribution is 2.31. The predicted octanol–water partition coefficient (Wildman–Crippen LogP) is 6.71. The van der Waals surface area contributed by atoms with Gasteiger partial charge in [-0.25, -0.2) is 4.98 Å². The maximum Gasteiger partial charge on any atom is 0.136 e. The zero-order valence-electron chi connectivity index (χ0n) is 14.2. The van der Waals surface area contributed by atoms with Crippen molar-refractivity contribution in [3.63, 3.8) is 0 Å². The van der Waals surface area contributed by atoms with E-state index in [0.29, 0.717) is 20.6 Å². The van der Waals surface area contributed by atoms with Gasteiger partial charge in [0.05, 0.1) is 15.7 Å². The van der Waals surface area contributed by atoms with Gasteiger partial charge in [0.15, 0.2) is 0 Å². The predicted molar refractivity (Wildman–Crippen MR) is 111 cm³/mol. The van der Waals surface area contributed by atoms with Crippen molar-refractivity contribution in [2.45, 2.75) is 13.8 Å². The molecule has 6 heteroatoms. The number of rotatable bonds is 4. The molecule has 3 nitrogen and oxygen atoms in total. The van der Waals surface area contributed by atoms with Crippen molar-refractivity contribution < 1.29 is 0 Å². The van der Waals surface area contributed by atoms with Gasteiger partial charge in [0.2, 0.25) is 0 Å². The van der Waals surface area contributed by atoms with Gasteiger partial charge >= 0.3 is 0 Å².